The van der Waals surface area contributed by atoms with Crippen LogP contribution in [0.2, 0.25) is 0 Å². The molecule has 1 aromatic carbocycles. The van der Waals surface area contributed by atoms with Crippen LogP contribution in [0.15, 0.2) is 41.1 Å². The summed E-state index contributed by atoms with van der Waals surface area (Å²) in [5, 5.41) is 13.5. The minimum Gasteiger partial charge on any atom is -0.316 e. The maximum atomic E-state index is 12.1. The van der Waals surface area contributed by atoms with Gasteiger partial charge < -0.3 is 5.32 Å². The number of anilines is 1. The SMILES string of the molecule is Cc1ccc([N+](=O)[O-])c(NC(=O)c2cccnc2Br)c1. The van der Waals surface area contributed by atoms with Crippen LogP contribution in [0.25, 0.3) is 0 Å². The van der Waals surface area contributed by atoms with Gasteiger partial charge in [0.25, 0.3) is 11.6 Å². The molecule has 1 heterocycles. The molecule has 0 radical (unpaired) electrons. The number of nitro benzene ring substituents is 1. The fourth-order valence-electron chi connectivity index (χ4n) is 1.65. The molecule has 0 fully saturated rings. The lowest BCUT2D eigenvalue weighted by molar-refractivity contribution is -0.383. The average molecular weight is 336 g/mol. The standard InChI is InChI=1S/C13H10BrN3O3/c1-8-4-5-11(17(19)20)10(7-8)16-13(18)9-3-2-6-15-12(9)14/h2-7H,1H3,(H,16,18). The zero-order valence-corrected chi connectivity index (χ0v) is 12.0. The van der Waals surface area contributed by atoms with Gasteiger partial charge in [-0.25, -0.2) is 4.98 Å². The number of pyridine rings is 1. The largest absolute Gasteiger partial charge is 0.316 e. The van der Waals surface area contributed by atoms with Gasteiger partial charge in [0.05, 0.1) is 10.5 Å². The number of nitro groups is 1. The Kier molecular flexibility index (Phi) is 4.09. The highest BCUT2D eigenvalue weighted by atomic mass is 79.9. The number of aromatic nitrogens is 1. The van der Waals surface area contributed by atoms with E-state index < -0.39 is 10.8 Å². The van der Waals surface area contributed by atoms with E-state index in [1.807, 2.05) is 0 Å². The van der Waals surface area contributed by atoms with Gasteiger partial charge in [0.2, 0.25) is 0 Å². The van der Waals surface area contributed by atoms with Gasteiger partial charge in [-0.15, -0.1) is 0 Å². The van der Waals surface area contributed by atoms with Crippen molar-refractivity contribution in [1.82, 2.24) is 4.98 Å². The predicted octanol–water partition coefficient (Wildman–Crippen LogP) is 3.31. The van der Waals surface area contributed by atoms with Crippen LogP contribution in [0.1, 0.15) is 15.9 Å². The lowest BCUT2D eigenvalue weighted by Gasteiger charge is -2.07. The maximum Gasteiger partial charge on any atom is 0.292 e. The van der Waals surface area contributed by atoms with Crippen molar-refractivity contribution in [1.29, 1.82) is 0 Å². The summed E-state index contributed by atoms with van der Waals surface area (Å²) in [5.74, 6) is -0.460. The van der Waals surface area contributed by atoms with Crippen LogP contribution in [0, 0.1) is 17.0 Å². The van der Waals surface area contributed by atoms with Crippen LogP contribution in [-0.2, 0) is 0 Å². The molecule has 0 saturated carbocycles. The summed E-state index contributed by atoms with van der Waals surface area (Å²) < 4.78 is 0.382. The molecule has 102 valence electrons. The molecule has 0 saturated heterocycles. The van der Waals surface area contributed by atoms with E-state index in [0.717, 1.165) is 5.56 Å². The third kappa shape index (κ3) is 3.00. The summed E-state index contributed by atoms with van der Waals surface area (Å²) in [6.45, 7) is 1.79. The first-order chi connectivity index (χ1) is 9.49. The Morgan fingerprint density at radius 3 is 2.80 bits per heavy atom. The van der Waals surface area contributed by atoms with Crippen molar-refractivity contribution in [3.63, 3.8) is 0 Å². The summed E-state index contributed by atoms with van der Waals surface area (Å²) in [7, 11) is 0. The van der Waals surface area contributed by atoms with Crippen molar-refractivity contribution in [3.8, 4) is 0 Å². The van der Waals surface area contributed by atoms with Crippen LogP contribution in [0.4, 0.5) is 11.4 Å². The number of aryl methyl sites for hydroxylation is 1. The van der Waals surface area contributed by atoms with E-state index in [1.54, 1.807) is 31.2 Å². The predicted molar refractivity (Wildman–Crippen MR) is 77.7 cm³/mol. The van der Waals surface area contributed by atoms with Crippen molar-refractivity contribution in [2.75, 3.05) is 5.32 Å². The molecular weight excluding hydrogens is 326 g/mol. The molecule has 2 aromatic rings. The quantitative estimate of drug-likeness (QED) is 0.529. The van der Waals surface area contributed by atoms with E-state index in [9.17, 15) is 14.9 Å². The molecule has 6 nitrogen and oxygen atoms in total. The average Bonchev–Trinajstić information content (AvgIpc) is 2.38. The summed E-state index contributed by atoms with van der Waals surface area (Å²) in [6, 6.07) is 7.73. The summed E-state index contributed by atoms with van der Waals surface area (Å²) in [6.07, 6.45) is 1.54. The second-order valence-corrected chi connectivity index (χ2v) is 4.82. The van der Waals surface area contributed by atoms with Crippen LogP contribution in [0.5, 0.6) is 0 Å². The van der Waals surface area contributed by atoms with Crippen LogP contribution >= 0.6 is 15.9 Å². The van der Waals surface area contributed by atoms with Crippen LogP contribution in [0.3, 0.4) is 0 Å². The van der Waals surface area contributed by atoms with E-state index in [0.29, 0.717) is 10.2 Å². The number of rotatable bonds is 3. The number of halogens is 1. The van der Waals surface area contributed by atoms with E-state index in [-0.39, 0.29) is 11.4 Å². The second kappa shape index (κ2) is 5.79. The number of hydrogen-bond acceptors (Lipinski definition) is 4. The van der Waals surface area contributed by atoms with Gasteiger partial charge in [0, 0.05) is 12.3 Å². The van der Waals surface area contributed by atoms with Gasteiger partial charge in [-0.2, -0.15) is 0 Å². The monoisotopic (exact) mass is 335 g/mol. The second-order valence-electron chi connectivity index (χ2n) is 4.07. The highest BCUT2D eigenvalue weighted by Gasteiger charge is 2.18. The van der Waals surface area contributed by atoms with Gasteiger partial charge in [0.1, 0.15) is 10.3 Å². The van der Waals surface area contributed by atoms with Crippen molar-refractivity contribution >= 4 is 33.2 Å². The molecule has 1 aromatic heterocycles. The topological polar surface area (TPSA) is 85.1 Å². The molecule has 1 N–H and O–H groups in total. The number of benzene rings is 1. The Bertz CT molecular complexity index is 688. The van der Waals surface area contributed by atoms with Gasteiger partial charge in [0.15, 0.2) is 0 Å². The third-order valence-electron chi connectivity index (χ3n) is 2.60. The molecule has 7 heteroatoms. The summed E-state index contributed by atoms with van der Waals surface area (Å²) >= 11 is 3.17. The van der Waals surface area contributed by atoms with Crippen LogP contribution in [-0.4, -0.2) is 15.8 Å². The smallest absolute Gasteiger partial charge is 0.292 e. The molecule has 0 unspecified atom stereocenters. The number of nitrogens with zero attached hydrogens (tertiary/aromatic N) is 2. The lowest BCUT2D eigenvalue weighted by atomic mass is 10.2. The molecular formula is C13H10BrN3O3. The van der Waals surface area contributed by atoms with E-state index in [2.05, 4.69) is 26.2 Å². The number of carbonyl (C=O) groups is 1. The summed E-state index contributed by atoms with van der Waals surface area (Å²) in [5.41, 5.74) is 1.14. The van der Waals surface area contributed by atoms with Crippen molar-refractivity contribution in [2.24, 2.45) is 0 Å². The molecule has 20 heavy (non-hydrogen) atoms. The zero-order chi connectivity index (χ0) is 14.7. The first kappa shape index (κ1) is 14.1. The summed E-state index contributed by atoms with van der Waals surface area (Å²) in [4.78, 5) is 26.5. The minimum absolute atomic E-state index is 0.149. The molecule has 1 amide bonds. The fourth-order valence-corrected chi connectivity index (χ4v) is 2.08. The van der Waals surface area contributed by atoms with Gasteiger partial charge >= 0.3 is 0 Å². The zero-order valence-electron chi connectivity index (χ0n) is 10.5. The number of amides is 1. The van der Waals surface area contributed by atoms with Gasteiger partial charge in [-0.05, 0) is 46.6 Å². The van der Waals surface area contributed by atoms with E-state index >= 15 is 0 Å². The molecule has 0 spiro atoms. The molecule has 0 bridgehead atoms. The van der Waals surface area contributed by atoms with Crippen molar-refractivity contribution in [2.45, 2.75) is 6.92 Å². The van der Waals surface area contributed by atoms with Crippen molar-refractivity contribution < 1.29 is 9.72 Å². The molecule has 2 rings (SSSR count). The number of nitrogens with one attached hydrogen (secondary N) is 1. The lowest BCUT2D eigenvalue weighted by Crippen LogP contribution is -2.14. The third-order valence-corrected chi connectivity index (χ3v) is 3.23. The van der Waals surface area contributed by atoms with Crippen molar-refractivity contribution in [3.05, 3.63) is 62.4 Å². The number of carbonyl (C=O) groups excluding carboxylic acids is 1. The van der Waals surface area contributed by atoms with Gasteiger partial charge in [-0.1, -0.05) is 6.07 Å². The van der Waals surface area contributed by atoms with Gasteiger partial charge in [-0.3, -0.25) is 14.9 Å². The highest BCUT2D eigenvalue weighted by molar-refractivity contribution is 9.10. The number of hydrogen-bond donors (Lipinski definition) is 1. The van der Waals surface area contributed by atoms with E-state index in [4.69, 9.17) is 0 Å². The van der Waals surface area contributed by atoms with E-state index in [1.165, 1.54) is 12.3 Å². The molecule has 0 aliphatic carbocycles. The Morgan fingerprint density at radius 1 is 1.40 bits per heavy atom. The Labute approximate surface area is 123 Å². The minimum atomic E-state index is -0.534. The maximum absolute atomic E-state index is 12.1. The Hall–Kier alpha value is -2.28. The Morgan fingerprint density at radius 2 is 2.15 bits per heavy atom. The fraction of sp³-hybridized carbons (Fsp3) is 0.0769. The Balaban J connectivity index is 2.35. The first-order valence-corrected chi connectivity index (χ1v) is 6.45. The van der Waals surface area contributed by atoms with Crippen LogP contribution < -0.4 is 5.32 Å². The normalized spacial score (nSPS) is 10.1. The highest BCUT2D eigenvalue weighted by Crippen LogP contribution is 2.26. The molecule has 0 atom stereocenters. The molecule has 0 aliphatic rings. The molecule has 0 aliphatic heterocycles. The first-order valence-electron chi connectivity index (χ1n) is 5.66.